The number of aromatic nitrogens is 1. The van der Waals surface area contributed by atoms with Gasteiger partial charge in [0.1, 0.15) is 0 Å². The Morgan fingerprint density at radius 2 is 2.14 bits per heavy atom. The first-order valence-corrected chi connectivity index (χ1v) is 7.61. The smallest absolute Gasteiger partial charge is 0.307 e. The first-order chi connectivity index (χ1) is 9.97. The number of rotatable bonds is 5. The maximum absolute atomic E-state index is 11.9. The summed E-state index contributed by atoms with van der Waals surface area (Å²) in [6.07, 6.45) is 1.00. The molecule has 2 rings (SSSR count). The van der Waals surface area contributed by atoms with E-state index in [1.807, 2.05) is 13.8 Å². The third-order valence-electron chi connectivity index (χ3n) is 3.33. The highest BCUT2D eigenvalue weighted by Crippen LogP contribution is 2.13. The Hall–Kier alpha value is -2.08. The number of thiazole rings is 1. The number of nitrogens with one attached hydrogen (secondary N) is 1. The Morgan fingerprint density at radius 1 is 1.38 bits per heavy atom. The molecule has 0 radical (unpaired) electrons. The average molecular weight is 305 g/mol. The van der Waals surface area contributed by atoms with Gasteiger partial charge in [0, 0.05) is 34.9 Å². The van der Waals surface area contributed by atoms with E-state index in [-0.39, 0.29) is 10.8 Å². The molecule has 1 heterocycles. The van der Waals surface area contributed by atoms with E-state index in [9.17, 15) is 9.59 Å². The molecule has 1 amide bonds. The van der Waals surface area contributed by atoms with Gasteiger partial charge in [0.2, 0.25) is 5.91 Å². The fourth-order valence-electron chi connectivity index (χ4n) is 2.08. The first-order valence-electron chi connectivity index (χ1n) is 6.79. The highest BCUT2D eigenvalue weighted by atomic mass is 32.1. The maximum Gasteiger partial charge on any atom is 0.307 e. The van der Waals surface area contributed by atoms with Crippen LogP contribution in [0.5, 0.6) is 0 Å². The highest BCUT2D eigenvalue weighted by Gasteiger charge is 2.08. The largest absolute Gasteiger partial charge is 0.399 e. The lowest BCUT2D eigenvalue weighted by Crippen LogP contribution is -2.17. The highest BCUT2D eigenvalue weighted by molar-refractivity contribution is 7.09. The Balaban J connectivity index is 1.86. The number of aryl methyl sites for hydroxylation is 1. The summed E-state index contributed by atoms with van der Waals surface area (Å²) in [6.45, 7) is 4.43. The van der Waals surface area contributed by atoms with E-state index in [0.29, 0.717) is 30.8 Å². The van der Waals surface area contributed by atoms with Gasteiger partial charge in [-0.05, 0) is 38.5 Å². The van der Waals surface area contributed by atoms with Gasteiger partial charge >= 0.3 is 4.87 Å². The van der Waals surface area contributed by atoms with Gasteiger partial charge in [-0.1, -0.05) is 17.4 Å². The zero-order valence-corrected chi connectivity index (χ0v) is 13.0. The molecule has 1 aromatic carbocycles. The predicted octanol–water partition coefficient (Wildman–Crippen LogP) is 2.53. The predicted molar refractivity (Wildman–Crippen MR) is 86.8 cm³/mol. The van der Waals surface area contributed by atoms with Crippen LogP contribution in [0.1, 0.15) is 23.4 Å². The van der Waals surface area contributed by atoms with E-state index >= 15 is 0 Å². The van der Waals surface area contributed by atoms with Crippen LogP contribution in [-0.4, -0.2) is 10.5 Å². The van der Waals surface area contributed by atoms with E-state index in [0.717, 1.165) is 10.6 Å². The lowest BCUT2D eigenvalue weighted by molar-refractivity contribution is -0.116. The van der Waals surface area contributed by atoms with Gasteiger partial charge in [-0.3, -0.25) is 9.59 Å². The quantitative estimate of drug-likeness (QED) is 0.833. The van der Waals surface area contributed by atoms with Crippen LogP contribution in [0.4, 0.5) is 11.4 Å². The summed E-state index contributed by atoms with van der Waals surface area (Å²) in [5, 5.41) is 2.80. The van der Waals surface area contributed by atoms with Crippen molar-refractivity contribution >= 4 is 28.6 Å². The van der Waals surface area contributed by atoms with Gasteiger partial charge in [0.05, 0.1) is 0 Å². The molecule has 0 saturated carbocycles. The van der Waals surface area contributed by atoms with Crippen molar-refractivity contribution in [3.05, 3.63) is 44.5 Å². The molecule has 1 aromatic heterocycles. The molecule has 0 fully saturated rings. The van der Waals surface area contributed by atoms with Crippen LogP contribution < -0.4 is 15.9 Å². The zero-order valence-electron chi connectivity index (χ0n) is 12.2. The number of nitrogens with zero attached hydrogens (tertiary/aromatic N) is 1. The van der Waals surface area contributed by atoms with Crippen LogP contribution in [0, 0.1) is 13.8 Å². The number of carbonyl (C=O) groups excluding carboxylic acids is 1. The molecule has 5 nitrogen and oxygen atoms in total. The van der Waals surface area contributed by atoms with Crippen molar-refractivity contribution in [1.29, 1.82) is 0 Å². The maximum atomic E-state index is 11.9. The summed E-state index contributed by atoms with van der Waals surface area (Å²) >= 11 is 1.25. The second kappa shape index (κ2) is 6.58. The molecule has 2 aromatic rings. The minimum atomic E-state index is -0.0711. The third kappa shape index (κ3) is 3.95. The molecule has 0 aliphatic carbocycles. The molecule has 21 heavy (non-hydrogen) atoms. The Bertz CT molecular complexity index is 703. The Kier molecular flexibility index (Phi) is 4.80. The van der Waals surface area contributed by atoms with E-state index < -0.39 is 0 Å². The molecule has 112 valence electrons. The Morgan fingerprint density at radius 3 is 2.76 bits per heavy atom. The molecule has 0 unspecified atom stereocenters. The molecule has 0 atom stereocenters. The Labute approximate surface area is 127 Å². The van der Waals surface area contributed by atoms with Crippen molar-refractivity contribution in [1.82, 2.24) is 4.57 Å². The molecule has 6 heteroatoms. The van der Waals surface area contributed by atoms with E-state index in [1.54, 1.807) is 28.8 Å². The second-order valence-corrected chi connectivity index (χ2v) is 6.10. The van der Waals surface area contributed by atoms with Crippen molar-refractivity contribution in [3.63, 3.8) is 0 Å². The molecule has 0 saturated heterocycles. The van der Waals surface area contributed by atoms with Gasteiger partial charge in [-0.25, -0.2) is 0 Å². The van der Waals surface area contributed by atoms with Gasteiger partial charge < -0.3 is 15.6 Å². The number of hydrogen-bond donors (Lipinski definition) is 2. The third-order valence-corrected chi connectivity index (χ3v) is 4.33. The van der Waals surface area contributed by atoms with Crippen molar-refractivity contribution in [2.24, 2.45) is 0 Å². The number of amides is 1. The summed E-state index contributed by atoms with van der Waals surface area (Å²) in [6, 6.07) is 7.08. The molecule has 0 aliphatic rings. The number of benzene rings is 1. The minimum absolute atomic E-state index is 0.0428. The lowest BCUT2D eigenvalue weighted by Gasteiger charge is -2.07. The summed E-state index contributed by atoms with van der Waals surface area (Å²) < 4.78 is 1.73. The van der Waals surface area contributed by atoms with Crippen LogP contribution in [0.25, 0.3) is 0 Å². The van der Waals surface area contributed by atoms with Gasteiger partial charge in [0.25, 0.3) is 0 Å². The number of carbonyl (C=O) groups is 1. The number of nitrogens with two attached hydrogens (primary N) is 1. The zero-order chi connectivity index (χ0) is 15.4. The van der Waals surface area contributed by atoms with Gasteiger partial charge in [0.15, 0.2) is 0 Å². The average Bonchev–Trinajstić information content (AvgIpc) is 2.65. The monoisotopic (exact) mass is 305 g/mol. The lowest BCUT2D eigenvalue weighted by atomic mass is 10.2. The van der Waals surface area contributed by atoms with Crippen LogP contribution in [0.2, 0.25) is 0 Å². The van der Waals surface area contributed by atoms with Gasteiger partial charge in [-0.15, -0.1) is 0 Å². The number of hydrogen-bond acceptors (Lipinski definition) is 4. The SMILES string of the molecule is Cc1sc(=O)n(CCCC(=O)Nc2cccc(N)c2)c1C. The van der Waals surface area contributed by atoms with Crippen LogP contribution >= 0.6 is 11.3 Å². The van der Waals surface area contributed by atoms with Crippen molar-refractivity contribution < 1.29 is 4.79 Å². The van der Waals surface area contributed by atoms with E-state index in [1.165, 1.54) is 11.3 Å². The summed E-state index contributed by atoms with van der Waals surface area (Å²) in [5.41, 5.74) is 7.95. The van der Waals surface area contributed by atoms with Gasteiger partial charge in [-0.2, -0.15) is 0 Å². The standard InChI is InChI=1S/C15H19N3O2S/c1-10-11(2)21-15(20)18(10)8-4-7-14(19)17-13-6-3-5-12(16)9-13/h3,5-6,9H,4,7-8,16H2,1-2H3,(H,17,19). The first kappa shape index (κ1) is 15.3. The number of anilines is 2. The molecule has 0 aliphatic heterocycles. The molecular formula is C15H19N3O2S. The molecule has 0 spiro atoms. The topological polar surface area (TPSA) is 77.1 Å². The fraction of sp³-hybridized carbons (Fsp3) is 0.333. The summed E-state index contributed by atoms with van der Waals surface area (Å²) in [5.74, 6) is -0.0711. The van der Waals surface area contributed by atoms with Crippen molar-refractivity contribution in [2.75, 3.05) is 11.1 Å². The molecular weight excluding hydrogens is 286 g/mol. The van der Waals surface area contributed by atoms with Crippen LogP contribution in [0.3, 0.4) is 0 Å². The molecule has 0 bridgehead atoms. The minimum Gasteiger partial charge on any atom is -0.399 e. The van der Waals surface area contributed by atoms with Crippen LogP contribution in [-0.2, 0) is 11.3 Å². The van der Waals surface area contributed by atoms with Crippen molar-refractivity contribution in [2.45, 2.75) is 33.2 Å². The van der Waals surface area contributed by atoms with Crippen LogP contribution in [0.15, 0.2) is 29.1 Å². The van der Waals surface area contributed by atoms with E-state index in [4.69, 9.17) is 5.73 Å². The summed E-state index contributed by atoms with van der Waals surface area (Å²) in [4.78, 5) is 24.7. The summed E-state index contributed by atoms with van der Waals surface area (Å²) in [7, 11) is 0. The van der Waals surface area contributed by atoms with E-state index in [2.05, 4.69) is 5.32 Å². The normalized spacial score (nSPS) is 10.6. The fourth-order valence-corrected chi connectivity index (χ4v) is 2.94. The number of nitrogen functional groups attached to an aromatic ring is 1. The second-order valence-electron chi connectivity index (χ2n) is 4.94. The molecule has 3 N–H and O–H groups in total. The van der Waals surface area contributed by atoms with Crippen molar-refractivity contribution in [3.8, 4) is 0 Å².